The highest BCUT2D eigenvalue weighted by atomic mass is 35.5. The van der Waals surface area contributed by atoms with Crippen molar-refractivity contribution in [1.29, 1.82) is 0 Å². The van der Waals surface area contributed by atoms with Crippen LogP contribution in [0, 0.1) is 0 Å². The fourth-order valence-electron chi connectivity index (χ4n) is 2.33. The Kier molecular flexibility index (Phi) is 3.84. The van der Waals surface area contributed by atoms with Gasteiger partial charge in [0.1, 0.15) is 24.0 Å². The number of rotatable bonds is 3. The molecule has 0 fully saturated rings. The molecule has 0 N–H and O–H groups in total. The third kappa shape index (κ3) is 2.82. The molecular weight excluding hydrogens is 333 g/mol. The Balaban J connectivity index is 2.03. The van der Waals surface area contributed by atoms with Gasteiger partial charge >= 0.3 is 6.18 Å². The first-order valence-electron chi connectivity index (χ1n) is 6.41. The summed E-state index contributed by atoms with van der Waals surface area (Å²) in [6.07, 6.45) is 3.77. The Labute approximate surface area is 134 Å². The van der Waals surface area contributed by atoms with Crippen LogP contribution in [0.5, 0.6) is 0 Å². The van der Waals surface area contributed by atoms with E-state index in [1.807, 2.05) is 42.1 Å². The highest BCUT2D eigenvalue weighted by molar-refractivity contribution is 7.09. The van der Waals surface area contributed by atoms with Crippen LogP contribution in [-0.4, -0.2) is 4.98 Å². The minimum Gasteiger partial charge on any atom is -0.217 e. The van der Waals surface area contributed by atoms with E-state index in [-0.39, 0.29) is 9.51 Å². The van der Waals surface area contributed by atoms with Crippen LogP contribution in [0.3, 0.4) is 0 Å². The third-order valence-electron chi connectivity index (χ3n) is 3.36. The maximum atomic E-state index is 12.7. The van der Waals surface area contributed by atoms with Crippen LogP contribution in [0.15, 0.2) is 54.3 Å². The molecule has 1 aliphatic heterocycles. The lowest BCUT2D eigenvalue weighted by molar-refractivity contribution is -0.137. The molecule has 2 aromatic rings. The van der Waals surface area contributed by atoms with Crippen LogP contribution in [0.25, 0.3) is 0 Å². The molecule has 0 atom stereocenters. The van der Waals surface area contributed by atoms with Crippen molar-refractivity contribution in [2.24, 2.45) is 0 Å². The van der Waals surface area contributed by atoms with Crippen molar-refractivity contribution in [3.8, 4) is 0 Å². The van der Waals surface area contributed by atoms with Crippen LogP contribution in [-0.2, 0) is 12.7 Å². The molecule has 22 heavy (non-hydrogen) atoms. The van der Waals surface area contributed by atoms with Gasteiger partial charge in [0.15, 0.2) is 0 Å². The first-order chi connectivity index (χ1) is 10.4. The molecule has 1 aliphatic rings. The summed E-state index contributed by atoms with van der Waals surface area (Å²) >= 11 is 7.68. The molecular formula is C15H11ClF3N2S+. The summed E-state index contributed by atoms with van der Waals surface area (Å²) in [7, 11) is 0. The third-order valence-corrected chi connectivity index (χ3v) is 4.50. The number of pyridine rings is 1. The Bertz CT molecular complexity index is 724. The number of thiophene rings is 1. The Hall–Kier alpha value is -1.63. The zero-order chi connectivity index (χ0) is 15.8. The number of nitrogens with zero attached hydrogens (tertiary/aromatic N) is 2. The summed E-state index contributed by atoms with van der Waals surface area (Å²) in [4.78, 5) is 5.09. The second kappa shape index (κ2) is 5.53. The van der Waals surface area contributed by atoms with Gasteiger partial charge in [-0.15, -0.1) is 11.3 Å². The topological polar surface area (TPSA) is 12.9 Å². The minimum atomic E-state index is -4.45. The average molecular weight is 344 g/mol. The molecule has 114 valence electrons. The van der Waals surface area contributed by atoms with Gasteiger partial charge in [0.05, 0.1) is 10.4 Å². The van der Waals surface area contributed by atoms with Crippen molar-refractivity contribution in [2.75, 3.05) is 0 Å². The van der Waals surface area contributed by atoms with Crippen molar-refractivity contribution in [3.63, 3.8) is 0 Å². The largest absolute Gasteiger partial charge is 0.417 e. The average Bonchev–Trinajstić information content (AvgIpc) is 3.10. The van der Waals surface area contributed by atoms with Crippen molar-refractivity contribution in [1.82, 2.24) is 9.47 Å². The Morgan fingerprint density at radius 3 is 2.50 bits per heavy atom. The number of quaternary nitrogens is 1. The molecule has 0 spiro atoms. The number of hydrogen-bond acceptors (Lipinski definition) is 2. The van der Waals surface area contributed by atoms with E-state index in [4.69, 9.17) is 11.6 Å². The maximum absolute atomic E-state index is 12.7. The summed E-state index contributed by atoms with van der Waals surface area (Å²) in [5.74, 6) is 0.382. The standard InChI is InChI=1S/C15H11ClF3N2S/c16-13-8-11(15(17,18)19)9-20-14(13)21(5-1-2-6-21)10-12-4-3-7-22-12/h1-9H,10H2/q+1. The van der Waals surface area contributed by atoms with Gasteiger partial charge in [-0.25, -0.2) is 9.47 Å². The molecule has 3 rings (SSSR count). The predicted molar refractivity (Wildman–Crippen MR) is 82.3 cm³/mol. The lowest BCUT2D eigenvalue weighted by atomic mass is 10.2. The number of alkyl halides is 3. The van der Waals surface area contributed by atoms with Gasteiger partial charge in [-0.3, -0.25) is 0 Å². The summed E-state index contributed by atoms with van der Waals surface area (Å²) in [5.41, 5.74) is -0.845. The van der Waals surface area contributed by atoms with Crippen LogP contribution < -0.4 is 4.48 Å². The highest BCUT2D eigenvalue weighted by Gasteiger charge is 2.37. The van der Waals surface area contributed by atoms with Crippen molar-refractivity contribution in [3.05, 3.63) is 69.8 Å². The smallest absolute Gasteiger partial charge is 0.217 e. The molecule has 2 nitrogen and oxygen atoms in total. The lowest BCUT2D eigenvalue weighted by Crippen LogP contribution is -2.36. The summed E-state index contributed by atoms with van der Waals surface area (Å²) in [6, 6.07) is 4.84. The van der Waals surface area contributed by atoms with Gasteiger partial charge in [0, 0.05) is 6.20 Å². The molecule has 3 heterocycles. The normalized spacial score (nSPS) is 16.4. The summed E-state index contributed by atoms with van der Waals surface area (Å²) in [6.45, 7) is 0.558. The van der Waals surface area contributed by atoms with E-state index in [0.717, 1.165) is 17.1 Å². The molecule has 0 aliphatic carbocycles. The molecule has 0 saturated heterocycles. The quantitative estimate of drug-likeness (QED) is 0.683. The Morgan fingerprint density at radius 2 is 1.95 bits per heavy atom. The molecule has 0 radical (unpaired) electrons. The summed E-state index contributed by atoms with van der Waals surface area (Å²) < 4.78 is 38.4. The van der Waals surface area contributed by atoms with E-state index in [9.17, 15) is 13.2 Å². The van der Waals surface area contributed by atoms with Crippen molar-refractivity contribution in [2.45, 2.75) is 12.7 Å². The molecule has 0 saturated carbocycles. The van der Waals surface area contributed by atoms with Gasteiger partial charge in [0.2, 0.25) is 0 Å². The van der Waals surface area contributed by atoms with Crippen LogP contribution in [0.2, 0.25) is 5.02 Å². The zero-order valence-electron chi connectivity index (χ0n) is 11.2. The van der Waals surface area contributed by atoms with Crippen LogP contribution >= 0.6 is 22.9 Å². The van der Waals surface area contributed by atoms with Gasteiger partial charge in [-0.2, -0.15) is 13.2 Å². The van der Waals surface area contributed by atoms with E-state index < -0.39 is 11.7 Å². The monoisotopic (exact) mass is 343 g/mol. The molecule has 0 unspecified atom stereocenters. The minimum absolute atomic E-state index is 0.00239. The van der Waals surface area contributed by atoms with Gasteiger partial charge in [-0.05, 0) is 29.7 Å². The van der Waals surface area contributed by atoms with E-state index >= 15 is 0 Å². The molecule has 0 amide bonds. The molecule has 0 bridgehead atoms. The highest BCUT2D eigenvalue weighted by Crippen LogP contribution is 2.38. The van der Waals surface area contributed by atoms with Gasteiger partial charge < -0.3 is 0 Å². The number of hydrogen-bond donors (Lipinski definition) is 0. The van der Waals surface area contributed by atoms with Crippen LogP contribution in [0.1, 0.15) is 10.4 Å². The lowest BCUT2D eigenvalue weighted by Gasteiger charge is -2.27. The van der Waals surface area contributed by atoms with E-state index in [1.54, 1.807) is 11.3 Å². The fraction of sp³-hybridized carbons (Fsp3) is 0.133. The molecule has 2 aromatic heterocycles. The first-order valence-corrected chi connectivity index (χ1v) is 7.67. The SMILES string of the molecule is FC(F)(F)c1cnc([N+]2(Cc3cccs3)C=CC=C2)c(Cl)c1. The first kappa shape index (κ1) is 15.3. The predicted octanol–water partition coefficient (Wildman–Crippen LogP) is 5.36. The second-order valence-electron chi connectivity index (χ2n) is 4.88. The summed E-state index contributed by atoms with van der Waals surface area (Å²) in [5, 5.41) is 1.96. The zero-order valence-corrected chi connectivity index (χ0v) is 12.8. The van der Waals surface area contributed by atoms with Crippen molar-refractivity contribution >= 4 is 28.8 Å². The van der Waals surface area contributed by atoms with E-state index in [0.29, 0.717) is 12.4 Å². The maximum Gasteiger partial charge on any atom is 0.417 e. The molecule has 0 aromatic carbocycles. The van der Waals surface area contributed by atoms with Gasteiger partial charge in [0.25, 0.3) is 5.82 Å². The fourth-order valence-corrected chi connectivity index (χ4v) is 3.43. The molecule has 7 heteroatoms. The Morgan fingerprint density at radius 1 is 1.23 bits per heavy atom. The van der Waals surface area contributed by atoms with E-state index in [2.05, 4.69) is 4.98 Å². The number of halogens is 4. The number of allylic oxidation sites excluding steroid dienone is 2. The number of aromatic nitrogens is 1. The van der Waals surface area contributed by atoms with Crippen LogP contribution in [0.4, 0.5) is 19.0 Å². The van der Waals surface area contributed by atoms with Crippen molar-refractivity contribution < 1.29 is 13.2 Å². The van der Waals surface area contributed by atoms with Gasteiger partial charge in [-0.1, -0.05) is 17.7 Å². The van der Waals surface area contributed by atoms with E-state index in [1.165, 1.54) is 0 Å². The second-order valence-corrected chi connectivity index (χ2v) is 6.32.